The lowest BCUT2D eigenvalue weighted by Gasteiger charge is -2.02. The molecule has 0 aliphatic heterocycles. The van der Waals surface area contributed by atoms with E-state index >= 15 is 0 Å². The van der Waals surface area contributed by atoms with E-state index in [4.69, 9.17) is 0 Å². The van der Waals surface area contributed by atoms with Crippen molar-refractivity contribution in [3.63, 3.8) is 0 Å². The minimum atomic E-state index is -0.477. The normalized spacial score (nSPS) is 10.2. The molecule has 0 atom stereocenters. The van der Waals surface area contributed by atoms with Crippen LogP contribution in [-0.2, 0) is 0 Å². The lowest BCUT2D eigenvalue weighted by Crippen LogP contribution is -2.01. The van der Waals surface area contributed by atoms with E-state index < -0.39 is 4.92 Å². The van der Waals surface area contributed by atoms with Crippen molar-refractivity contribution >= 4 is 21.6 Å². The molecular weight excluding hydrogens is 264 g/mol. The van der Waals surface area contributed by atoms with Gasteiger partial charge in [0.25, 0.3) is 0 Å². The standard InChI is InChI=1S/C8H5BrN4O2/c9-8-11-4-5-12(8)7-6(13(14)15)2-1-3-10-7/h1-5H. The molecule has 0 radical (unpaired) electrons. The first kappa shape index (κ1) is 9.78. The molecule has 0 aromatic carbocycles. The van der Waals surface area contributed by atoms with Gasteiger partial charge < -0.3 is 0 Å². The molecule has 76 valence electrons. The second-order valence-corrected chi connectivity index (χ2v) is 3.38. The number of rotatable bonds is 2. The van der Waals surface area contributed by atoms with Crippen LogP contribution >= 0.6 is 15.9 Å². The number of pyridine rings is 1. The van der Waals surface area contributed by atoms with Crippen molar-refractivity contribution in [1.82, 2.24) is 14.5 Å². The summed E-state index contributed by atoms with van der Waals surface area (Å²) in [6.45, 7) is 0. The van der Waals surface area contributed by atoms with Crippen molar-refractivity contribution in [1.29, 1.82) is 0 Å². The second kappa shape index (κ2) is 3.77. The van der Waals surface area contributed by atoms with Gasteiger partial charge in [-0.15, -0.1) is 0 Å². The van der Waals surface area contributed by atoms with Gasteiger partial charge in [0, 0.05) is 24.7 Å². The summed E-state index contributed by atoms with van der Waals surface area (Å²) >= 11 is 3.18. The molecule has 7 heteroatoms. The van der Waals surface area contributed by atoms with E-state index in [0.717, 1.165) is 0 Å². The van der Waals surface area contributed by atoms with Gasteiger partial charge in [-0.3, -0.25) is 14.7 Å². The first-order valence-electron chi connectivity index (χ1n) is 3.99. The van der Waals surface area contributed by atoms with E-state index in [1.165, 1.54) is 29.1 Å². The molecule has 0 bridgehead atoms. The summed E-state index contributed by atoms with van der Waals surface area (Å²) in [7, 11) is 0. The third-order valence-electron chi connectivity index (χ3n) is 1.79. The molecule has 0 unspecified atom stereocenters. The lowest BCUT2D eigenvalue weighted by molar-refractivity contribution is -0.384. The molecule has 6 nitrogen and oxygen atoms in total. The fourth-order valence-electron chi connectivity index (χ4n) is 1.16. The summed E-state index contributed by atoms with van der Waals surface area (Å²) in [6.07, 6.45) is 4.62. The number of hydrogen-bond acceptors (Lipinski definition) is 4. The van der Waals surface area contributed by atoms with Crippen molar-refractivity contribution in [3.05, 3.63) is 45.6 Å². The zero-order chi connectivity index (χ0) is 10.8. The van der Waals surface area contributed by atoms with Crippen molar-refractivity contribution in [2.24, 2.45) is 0 Å². The van der Waals surface area contributed by atoms with Gasteiger partial charge in [-0.05, 0) is 22.0 Å². The summed E-state index contributed by atoms with van der Waals surface area (Å²) in [5.41, 5.74) is -0.0591. The Morgan fingerprint density at radius 1 is 1.40 bits per heavy atom. The summed E-state index contributed by atoms with van der Waals surface area (Å²) in [5, 5.41) is 10.7. The monoisotopic (exact) mass is 268 g/mol. The Kier molecular flexibility index (Phi) is 2.46. The topological polar surface area (TPSA) is 73.8 Å². The zero-order valence-electron chi connectivity index (χ0n) is 7.37. The molecule has 0 aliphatic rings. The van der Waals surface area contributed by atoms with Crippen LogP contribution < -0.4 is 0 Å². The average Bonchev–Trinajstić information content (AvgIpc) is 2.64. The van der Waals surface area contributed by atoms with E-state index in [9.17, 15) is 10.1 Å². The minimum Gasteiger partial charge on any atom is -0.273 e. The molecule has 0 saturated heterocycles. The summed E-state index contributed by atoms with van der Waals surface area (Å²) < 4.78 is 1.97. The summed E-state index contributed by atoms with van der Waals surface area (Å²) in [5.74, 6) is 0.242. The number of nitro groups is 1. The van der Waals surface area contributed by atoms with Crippen LogP contribution in [0.15, 0.2) is 35.5 Å². The SMILES string of the molecule is O=[N+]([O-])c1cccnc1-n1ccnc1Br. The summed E-state index contributed by atoms with van der Waals surface area (Å²) in [6, 6.07) is 2.92. The highest BCUT2D eigenvalue weighted by Gasteiger charge is 2.17. The van der Waals surface area contributed by atoms with Gasteiger partial charge in [0.1, 0.15) is 0 Å². The van der Waals surface area contributed by atoms with Gasteiger partial charge in [-0.2, -0.15) is 0 Å². The van der Waals surface area contributed by atoms with Crippen LogP contribution in [-0.4, -0.2) is 19.5 Å². The van der Waals surface area contributed by atoms with Crippen molar-refractivity contribution in [2.75, 3.05) is 0 Å². The quantitative estimate of drug-likeness (QED) is 0.616. The minimum absolute atomic E-state index is 0.0591. The first-order chi connectivity index (χ1) is 7.20. The Labute approximate surface area is 92.9 Å². The predicted molar refractivity (Wildman–Crippen MR) is 55.7 cm³/mol. The van der Waals surface area contributed by atoms with Crippen LogP contribution in [0.25, 0.3) is 5.82 Å². The van der Waals surface area contributed by atoms with Crippen LogP contribution in [0, 0.1) is 10.1 Å². The molecule has 0 N–H and O–H groups in total. The third-order valence-corrected chi connectivity index (χ3v) is 2.37. The van der Waals surface area contributed by atoms with E-state index in [1.807, 2.05) is 0 Å². The largest absolute Gasteiger partial charge is 0.312 e. The molecule has 2 heterocycles. The molecule has 2 aromatic rings. The van der Waals surface area contributed by atoms with Gasteiger partial charge in [0.05, 0.1) is 4.92 Å². The van der Waals surface area contributed by atoms with Crippen LogP contribution in [0.4, 0.5) is 5.69 Å². The van der Waals surface area contributed by atoms with Crippen LogP contribution in [0.5, 0.6) is 0 Å². The highest BCUT2D eigenvalue weighted by molar-refractivity contribution is 9.10. The maximum absolute atomic E-state index is 10.7. The molecular formula is C8H5BrN4O2. The summed E-state index contributed by atoms with van der Waals surface area (Å²) in [4.78, 5) is 18.1. The van der Waals surface area contributed by atoms with Crippen molar-refractivity contribution < 1.29 is 4.92 Å². The predicted octanol–water partition coefficient (Wildman–Crippen LogP) is 1.94. The molecule has 0 saturated carbocycles. The maximum atomic E-state index is 10.7. The number of hydrogen-bond donors (Lipinski definition) is 0. The average molecular weight is 269 g/mol. The molecule has 0 fully saturated rings. The maximum Gasteiger partial charge on any atom is 0.312 e. The Hall–Kier alpha value is -1.76. The third kappa shape index (κ3) is 1.73. The van der Waals surface area contributed by atoms with Gasteiger partial charge in [-0.25, -0.2) is 9.97 Å². The number of nitrogens with zero attached hydrogens (tertiary/aromatic N) is 4. The van der Waals surface area contributed by atoms with Crippen LogP contribution in [0.3, 0.4) is 0 Å². The number of aromatic nitrogens is 3. The first-order valence-corrected chi connectivity index (χ1v) is 4.78. The molecule has 2 aromatic heterocycles. The number of halogens is 1. The fourth-order valence-corrected chi connectivity index (χ4v) is 1.56. The lowest BCUT2D eigenvalue weighted by atomic mass is 10.4. The van der Waals surface area contributed by atoms with Crippen molar-refractivity contribution in [3.8, 4) is 5.82 Å². The van der Waals surface area contributed by atoms with Gasteiger partial charge >= 0.3 is 5.69 Å². The highest BCUT2D eigenvalue weighted by atomic mass is 79.9. The molecule has 15 heavy (non-hydrogen) atoms. The molecule has 0 spiro atoms. The second-order valence-electron chi connectivity index (χ2n) is 2.67. The smallest absolute Gasteiger partial charge is 0.273 e. The fraction of sp³-hybridized carbons (Fsp3) is 0. The van der Waals surface area contributed by atoms with Crippen molar-refractivity contribution in [2.45, 2.75) is 0 Å². The Balaban J connectivity index is 2.63. The molecule has 0 amide bonds. The van der Waals surface area contributed by atoms with E-state index in [0.29, 0.717) is 4.73 Å². The zero-order valence-corrected chi connectivity index (χ0v) is 8.96. The Bertz CT molecular complexity index is 511. The Morgan fingerprint density at radius 3 is 2.80 bits per heavy atom. The Morgan fingerprint density at radius 2 is 2.20 bits per heavy atom. The van der Waals surface area contributed by atoms with Crippen LogP contribution in [0.2, 0.25) is 0 Å². The highest BCUT2D eigenvalue weighted by Crippen LogP contribution is 2.22. The molecule has 2 rings (SSSR count). The van der Waals surface area contributed by atoms with Gasteiger partial charge in [-0.1, -0.05) is 0 Å². The van der Waals surface area contributed by atoms with E-state index in [1.54, 1.807) is 6.20 Å². The number of imidazole rings is 1. The molecule has 0 aliphatic carbocycles. The van der Waals surface area contributed by atoms with Crippen LogP contribution in [0.1, 0.15) is 0 Å². The van der Waals surface area contributed by atoms with Gasteiger partial charge in [0.2, 0.25) is 5.82 Å². The van der Waals surface area contributed by atoms with E-state index in [-0.39, 0.29) is 11.5 Å². The van der Waals surface area contributed by atoms with Gasteiger partial charge in [0.15, 0.2) is 4.73 Å². The van der Waals surface area contributed by atoms with E-state index in [2.05, 4.69) is 25.9 Å².